The number of carboxylic acids is 1. The summed E-state index contributed by atoms with van der Waals surface area (Å²) >= 11 is 0. The van der Waals surface area contributed by atoms with E-state index in [4.69, 9.17) is 9.47 Å². The van der Waals surface area contributed by atoms with E-state index in [1.165, 1.54) is 18.9 Å². The zero-order chi connectivity index (χ0) is 26.9. The summed E-state index contributed by atoms with van der Waals surface area (Å²) in [6, 6.07) is 13.9. The molecule has 0 aliphatic heterocycles. The van der Waals surface area contributed by atoms with Gasteiger partial charge in [-0.1, -0.05) is 44.5 Å². The van der Waals surface area contributed by atoms with Crippen LogP contribution in [0.5, 0.6) is 11.6 Å². The molecule has 5 nitrogen and oxygen atoms in total. The minimum Gasteiger partial charge on any atom is -0.489 e. The van der Waals surface area contributed by atoms with E-state index in [0.29, 0.717) is 24.0 Å². The first-order valence-electron chi connectivity index (χ1n) is 13.6. The van der Waals surface area contributed by atoms with Gasteiger partial charge in [0.1, 0.15) is 18.2 Å². The third-order valence-electron chi connectivity index (χ3n) is 8.46. The Balaban J connectivity index is 1.45. The van der Waals surface area contributed by atoms with Gasteiger partial charge in [0.25, 0.3) is 0 Å². The molecule has 2 aliphatic rings. The molecule has 0 unspecified atom stereocenters. The highest BCUT2D eigenvalue weighted by molar-refractivity contribution is 5.70. The monoisotopic (exact) mass is 517 g/mol. The second-order valence-electron chi connectivity index (χ2n) is 11.4. The fourth-order valence-electron chi connectivity index (χ4n) is 6.43. The summed E-state index contributed by atoms with van der Waals surface area (Å²) in [5, 5.41) is 9.35. The molecule has 2 aromatic carbocycles. The van der Waals surface area contributed by atoms with E-state index in [0.717, 1.165) is 66.5 Å². The van der Waals surface area contributed by atoms with Crippen LogP contribution in [-0.4, -0.2) is 23.2 Å². The van der Waals surface area contributed by atoms with Gasteiger partial charge < -0.3 is 14.6 Å². The van der Waals surface area contributed by atoms with Crippen LogP contribution in [0.15, 0.2) is 48.7 Å². The number of ether oxygens (including phenoxy) is 2. The molecular weight excluding hydrogens is 481 g/mol. The van der Waals surface area contributed by atoms with Crippen LogP contribution in [-0.2, 0) is 17.8 Å². The Morgan fingerprint density at radius 1 is 1.08 bits per heavy atom. The van der Waals surface area contributed by atoms with Crippen LogP contribution in [0.4, 0.5) is 4.39 Å². The van der Waals surface area contributed by atoms with Crippen molar-refractivity contribution in [3.63, 3.8) is 0 Å². The number of aryl methyl sites for hydroxylation is 1. The molecule has 200 valence electrons. The molecule has 0 saturated heterocycles. The third-order valence-corrected chi connectivity index (χ3v) is 8.46. The van der Waals surface area contributed by atoms with Gasteiger partial charge in [0.2, 0.25) is 5.88 Å². The number of aromatic nitrogens is 1. The summed E-state index contributed by atoms with van der Waals surface area (Å²) in [5.41, 5.74) is 5.96. The normalized spacial score (nSPS) is 20.1. The van der Waals surface area contributed by atoms with Crippen LogP contribution in [0.25, 0.3) is 11.1 Å². The van der Waals surface area contributed by atoms with Crippen molar-refractivity contribution in [3.8, 4) is 22.8 Å². The number of halogens is 1. The first kappa shape index (κ1) is 26.2. The lowest BCUT2D eigenvalue weighted by molar-refractivity contribution is -0.137. The number of pyridine rings is 1. The van der Waals surface area contributed by atoms with E-state index in [-0.39, 0.29) is 23.6 Å². The van der Waals surface area contributed by atoms with Crippen molar-refractivity contribution in [3.05, 3.63) is 76.7 Å². The number of benzene rings is 2. The molecule has 1 heterocycles. The zero-order valence-corrected chi connectivity index (χ0v) is 22.4. The van der Waals surface area contributed by atoms with E-state index in [1.807, 2.05) is 24.3 Å². The van der Waals surface area contributed by atoms with Crippen LogP contribution in [0.1, 0.15) is 86.5 Å². The lowest BCUT2D eigenvalue weighted by Crippen LogP contribution is -2.17. The van der Waals surface area contributed by atoms with Gasteiger partial charge in [0, 0.05) is 11.6 Å². The van der Waals surface area contributed by atoms with Gasteiger partial charge in [-0.25, -0.2) is 9.37 Å². The molecule has 2 atom stereocenters. The topological polar surface area (TPSA) is 68.7 Å². The maximum atomic E-state index is 15.0. The van der Waals surface area contributed by atoms with Gasteiger partial charge in [-0.3, -0.25) is 4.79 Å². The fraction of sp³-hybridized carbons (Fsp3) is 0.438. The van der Waals surface area contributed by atoms with E-state index in [9.17, 15) is 14.3 Å². The molecule has 3 aromatic rings. The summed E-state index contributed by atoms with van der Waals surface area (Å²) < 4.78 is 26.5. The Labute approximate surface area is 224 Å². The van der Waals surface area contributed by atoms with Crippen molar-refractivity contribution in [1.82, 2.24) is 4.98 Å². The number of methoxy groups -OCH3 is 1. The fourth-order valence-corrected chi connectivity index (χ4v) is 6.43. The second-order valence-corrected chi connectivity index (χ2v) is 11.4. The minimum absolute atomic E-state index is 0.0301. The number of rotatable bonds is 8. The van der Waals surface area contributed by atoms with E-state index < -0.39 is 5.97 Å². The number of carbonyl (C=O) groups is 1. The Kier molecular flexibility index (Phi) is 7.42. The van der Waals surface area contributed by atoms with Crippen LogP contribution < -0.4 is 9.47 Å². The average molecular weight is 518 g/mol. The zero-order valence-electron chi connectivity index (χ0n) is 22.4. The number of fused-ring (bicyclic) bond motifs is 1. The largest absolute Gasteiger partial charge is 0.489 e. The standard InChI is InChI=1S/C32H36FNO4/c1-32(2)13-5-8-28(32)26-14-20(9-12-24(26)27-17-30(37-3)34-18-29(27)33)19-38-23-11-10-21-6-4-7-22(15-31(35)36)25(21)16-23/h9-12,14,16-18,22,28H,4-8,13,15,19H2,1-3H3,(H,35,36)/t22-,28+/m0/s1. The van der Waals surface area contributed by atoms with Crippen molar-refractivity contribution >= 4 is 5.97 Å². The molecule has 6 heteroatoms. The molecule has 5 rings (SSSR count). The Bertz CT molecular complexity index is 1340. The molecule has 0 spiro atoms. The summed E-state index contributed by atoms with van der Waals surface area (Å²) in [4.78, 5) is 15.4. The van der Waals surface area contributed by atoms with E-state index in [2.05, 4.69) is 31.0 Å². The quantitative estimate of drug-likeness (QED) is 0.332. The highest BCUT2D eigenvalue weighted by atomic mass is 19.1. The van der Waals surface area contributed by atoms with Crippen molar-refractivity contribution in [2.24, 2.45) is 5.41 Å². The molecule has 1 saturated carbocycles. The second kappa shape index (κ2) is 10.8. The van der Waals surface area contributed by atoms with Crippen molar-refractivity contribution in [1.29, 1.82) is 0 Å². The number of aliphatic carboxylic acids is 1. The maximum absolute atomic E-state index is 15.0. The van der Waals surface area contributed by atoms with Gasteiger partial charge in [0.15, 0.2) is 0 Å². The predicted molar refractivity (Wildman–Crippen MR) is 145 cm³/mol. The Morgan fingerprint density at radius 3 is 2.66 bits per heavy atom. The number of carboxylic acid groups (broad SMARTS) is 1. The first-order chi connectivity index (χ1) is 18.2. The van der Waals surface area contributed by atoms with Crippen LogP contribution in [0.3, 0.4) is 0 Å². The number of nitrogens with zero attached hydrogens (tertiary/aromatic N) is 1. The molecule has 1 fully saturated rings. The molecule has 1 aromatic heterocycles. The average Bonchev–Trinajstić information content (AvgIpc) is 3.26. The molecule has 0 amide bonds. The Morgan fingerprint density at radius 2 is 1.92 bits per heavy atom. The van der Waals surface area contributed by atoms with Gasteiger partial charge in [-0.05, 0) is 89.3 Å². The van der Waals surface area contributed by atoms with Crippen molar-refractivity contribution in [2.45, 2.75) is 77.2 Å². The molecule has 1 N–H and O–H groups in total. The van der Waals surface area contributed by atoms with Gasteiger partial charge in [-0.2, -0.15) is 0 Å². The maximum Gasteiger partial charge on any atom is 0.303 e. The van der Waals surface area contributed by atoms with E-state index in [1.54, 1.807) is 6.07 Å². The highest BCUT2D eigenvalue weighted by Gasteiger charge is 2.37. The van der Waals surface area contributed by atoms with Crippen molar-refractivity contribution in [2.75, 3.05) is 7.11 Å². The third kappa shape index (κ3) is 5.40. The Hall–Kier alpha value is -3.41. The highest BCUT2D eigenvalue weighted by Crippen LogP contribution is 2.51. The number of hydrogen-bond donors (Lipinski definition) is 1. The minimum atomic E-state index is -0.764. The van der Waals surface area contributed by atoms with Gasteiger partial charge >= 0.3 is 5.97 Å². The summed E-state index contributed by atoms with van der Waals surface area (Å²) in [6.45, 7) is 4.97. The molecule has 0 radical (unpaired) electrons. The molecule has 0 bridgehead atoms. The molecular formula is C32H36FNO4. The number of hydrogen-bond acceptors (Lipinski definition) is 4. The SMILES string of the molecule is COc1cc(-c2ccc(COc3ccc4c(c3)[C@H](CC(=O)O)CCC4)cc2[C@H]2CCCC2(C)C)c(F)cn1. The molecule has 2 aliphatic carbocycles. The van der Waals surface area contributed by atoms with Crippen LogP contribution >= 0.6 is 0 Å². The van der Waals surface area contributed by atoms with Gasteiger partial charge in [-0.15, -0.1) is 0 Å². The molecule has 38 heavy (non-hydrogen) atoms. The summed E-state index contributed by atoms with van der Waals surface area (Å²) in [6.07, 6.45) is 7.59. The van der Waals surface area contributed by atoms with Crippen LogP contribution in [0, 0.1) is 11.2 Å². The lowest BCUT2D eigenvalue weighted by Gasteiger charge is -2.30. The summed E-state index contributed by atoms with van der Waals surface area (Å²) in [7, 11) is 1.54. The van der Waals surface area contributed by atoms with Crippen molar-refractivity contribution < 1.29 is 23.8 Å². The lowest BCUT2D eigenvalue weighted by atomic mass is 9.75. The predicted octanol–water partition coefficient (Wildman–Crippen LogP) is 7.66. The summed E-state index contributed by atoms with van der Waals surface area (Å²) in [5.74, 6) is 0.340. The van der Waals surface area contributed by atoms with E-state index >= 15 is 0 Å². The van der Waals surface area contributed by atoms with Crippen LogP contribution in [0.2, 0.25) is 0 Å². The van der Waals surface area contributed by atoms with Gasteiger partial charge in [0.05, 0.1) is 19.7 Å². The first-order valence-corrected chi connectivity index (χ1v) is 13.6. The smallest absolute Gasteiger partial charge is 0.303 e.